The molecule has 2 rings (SSSR count). The van der Waals surface area contributed by atoms with Crippen molar-refractivity contribution in [1.29, 1.82) is 0 Å². The Hall–Kier alpha value is -2.05. The number of carbonyl (C=O) groups is 1. The zero-order chi connectivity index (χ0) is 15.4. The lowest BCUT2D eigenvalue weighted by Gasteiger charge is -2.29. The molecule has 4 N–H and O–H groups in total. The van der Waals surface area contributed by atoms with Gasteiger partial charge in [-0.05, 0) is 25.7 Å². The first-order chi connectivity index (χ1) is 10.0. The van der Waals surface area contributed by atoms with E-state index in [4.69, 9.17) is 15.4 Å². The highest BCUT2D eigenvalue weighted by atomic mass is 16.4. The van der Waals surface area contributed by atoms with Gasteiger partial charge in [-0.3, -0.25) is 4.79 Å². The first-order valence-corrected chi connectivity index (χ1v) is 7.25. The number of amidine groups is 1. The molecular weight excluding hydrogens is 272 g/mol. The minimum absolute atomic E-state index is 0.0316. The van der Waals surface area contributed by atoms with Crippen molar-refractivity contribution in [2.45, 2.75) is 52.0 Å². The Kier molecular flexibility index (Phi) is 4.82. The van der Waals surface area contributed by atoms with Gasteiger partial charge >= 0.3 is 0 Å². The van der Waals surface area contributed by atoms with E-state index in [9.17, 15) is 4.79 Å². The number of aromatic nitrogens is 1. The highest BCUT2D eigenvalue weighted by molar-refractivity contribution is 5.97. The molecule has 0 bridgehead atoms. The molecular formula is C14H22N4O3. The number of hydrogen-bond donors (Lipinski definition) is 3. The van der Waals surface area contributed by atoms with Crippen LogP contribution in [0.15, 0.2) is 9.57 Å². The van der Waals surface area contributed by atoms with E-state index in [0.717, 1.165) is 25.7 Å². The zero-order valence-electron chi connectivity index (χ0n) is 12.4. The predicted molar refractivity (Wildman–Crippen MR) is 77.2 cm³/mol. The fraction of sp³-hybridized carbons (Fsp3) is 0.643. The number of oxazole rings is 1. The number of aryl methyl sites for hydroxylation is 2. The number of nitrogens with zero attached hydrogens (tertiary/aromatic N) is 2. The molecule has 21 heavy (non-hydrogen) atoms. The van der Waals surface area contributed by atoms with Gasteiger partial charge in [0.2, 0.25) is 5.76 Å². The molecule has 116 valence electrons. The number of carbonyl (C=O) groups excluding carboxylic acids is 1. The Morgan fingerprint density at radius 3 is 2.62 bits per heavy atom. The van der Waals surface area contributed by atoms with Crippen LogP contribution in [0.25, 0.3) is 0 Å². The van der Waals surface area contributed by atoms with Gasteiger partial charge in [-0.15, -0.1) is 0 Å². The topological polar surface area (TPSA) is 114 Å². The van der Waals surface area contributed by atoms with Crippen molar-refractivity contribution >= 4 is 11.7 Å². The predicted octanol–water partition coefficient (Wildman–Crippen LogP) is 1.72. The highest BCUT2D eigenvalue weighted by Crippen LogP contribution is 2.27. The Labute approximate surface area is 123 Å². The summed E-state index contributed by atoms with van der Waals surface area (Å²) in [5.74, 6) is 0.456. The minimum atomic E-state index is -0.479. The third kappa shape index (κ3) is 3.53. The molecule has 1 aliphatic rings. The van der Waals surface area contributed by atoms with Gasteiger partial charge in [-0.25, -0.2) is 4.98 Å². The maximum atomic E-state index is 12.3. The van der Waals surface area contributed by atoms with Gasteiger partial charge in [0.15, 0.2) is 11.7 Å². The lowest BCUT2D eigenvalue weighted by Crippen LogP contribution is -2.49. The van der Waals surface area contributed by atoms with E-state index in [2.05, 4.69) is 15.5 Å². The van der Waals surface area contributed by atoms with Gasteiger partial charge in [0, 0.05) is 6.92 Å². The van der Waals surface area contributed by atoms with Crippen molar-refractivity contribution in [2.75, 3.05) is 0 Å². The number of amides is 1. The molecule has 0 aromatic carbocycles. The molecule has 0 saturated heterocycles. The van der Waals surface area contributed by atoms with Gasteiger partial charge in [0.25, 0.3) is 5.91 Å². The van der Waals surface area contributed by atoms with Crippen molar-refractivity contribution in [3.8, 4) is 0 Å². The smallest absolute Gasteiger partial charge is 0.289 e. The minimum Gasteiger partial charge on any atom is -0.436 e. The summed E-state index contributed by atoms with van der Waals surface area (Å²) < 4.78 is 5.31. The fourth-order valence-electron chi connectivity index (χ4n) is 2.91. The number of rotatable bonds is 4. The van der Waals surface area contributed by atoms with E-state index >= 15 is 0 Å². The van der Waals surface area contributed by atoms with E-state index in [1.165, 1.54) is 6.42 Å². The summed E-state index contributed by atoms with van der Waals surface area (Å²) in [6.07, 6.45) is 5.28. The van der Waals surface area contributed by atoms with E-state index in [1.54, 1.807) is 13.8 Å². The number of hydrogen-bond acceptors (Lipinski definition) is 5. The second kappa shape index (κ2) is 6.60. The van der Waals surface area contributed by atoms with Crippen LogP contribution < -0.4 is 11.1 Å². The van der Waals surface area contributed by atoms with Crippen LogP contribution in [-0.4, -0.2) is 28.0 Å². The molecule has 1 heterocycles. The van der Waals surface area contributed by atoms with E-state index < -0.39 is 6.04 Å². The van der Waals surface area contributed by atoms with Crippen LogP contribution in [-0.2, 0) is 0 Å². The van der Waals surface area contributed by atoms with Gasteiger partial charge in [0.1, 0.15) is 0 Å². The SMILES string of the molecule is Cc1nc(C)c(C(=O)NC(C(N)=NO)C2CCCCC2)o1. The van der Waals surface area contributed by atoms with Crippen molar-refractivity contribution in [3.05, 3.63) is 17.3 Å². The fourth-order valence-corrected chi connectivity index (χ4v) is 2.91. The van der Waals surface area contributed by atoms with Crippen molar-refractivity contribution in [2.24, 2.45) is 16.8 Å². The normalized spacial score (nSPS) is 18.5. The van der Waals surface area contributed by atoms with Crippen molar-refractivity contribution in [1.82, 2.24) is 10.3 Å². The van der Waals surface area contributed by atoms with Gasteiger partial charge < -0.3 is 20.7 Å². The molecule has 1 aromatic rings. The molecule has 7 heteroatoms. The third-order valence-electron chi connectivity index (χ3n) is 3.95. The molecule has 0 aliphatic heterocycles. The Balaban J connectivity index is 2.14. The maximum Gasteiger partial charge on any atom is 0.289 e. The van der Waals surface area contributed by atoms with Gasteiger partial charge in [0.05, 0.1) is 11.7 Å². The molecule has 1 atom stereocenters. The van der Waals surface area contributed by atoms with E-state index in [0.29, 0.717) is 11.6 Å². The zero-order valence-corrected chi connectivity index (χ0v) is 12.4. The summed E-state index contributed by atoms with van der Waals surface area (Å²) in [5, 5.41) is 14.8. The standard InChI is InChI=1S/C14H22N4O3/c1-8-12(21-9(2)16-8)14(19)17-11(13(15)18-20)10-6-4-3-5-7-10/h10-11,20H,3-7H2,1-2H3,(H2,15,18)(H,17,19). The molecule has 1 aromatic heterocycles. The molecule has 0 radical (unpaired) electrons. The van der Waals surface area contributed by atoms with Crippen LogP contribution in [0.4, 0.5) is 0 Å². The van der Waals surface area contributed by atoms with Crippen LogP contribution in [0.2, 0.25) is 0 Å². The van der Waals surface area contributed by atoms with E-state index in [-0.39, 0.29) is 23.4 Å². The Bertz CT molecular complexity index is 532. The lowest BCUT2D eigenvalue weighted by atomic mass is 9.83. The summed E-state index contributed by atoms with van der Waals surface area (Å²) in [6, 6.07) is -0.479. The summed E-state index contributed by atoms with van der Waals surface area (Å²) in [6.45, 7) is 3.40. The molecule has 1 aliphatic carbocycles. The van der Waals surface area contributed by atoms with Crippen LogP contribution in [0.1, 0.15) is 54.2 Å². The van der Waals surface area contributed by atoms with Crippen LogP contribution in [0.5, 0.6) is 0 Å². The largest absolute Gasteiger partial charge is 0.436 e. The Morgan fingerprint density at radius 1 is 1.43 bits per heavy atom. The number of nitrogens with one attached hydrogen (secondary N) is 1. The monoisotopic (exact) mass is 294 g/mol. The second-order valence-electron chi connectivity index (χ2n) is 5.52. The average Bonchev–Trinajstić information content (AvgIpc) is 2.83. The average molecular weight is 294 g/mol. The molecule has 1 saturated carbocycles. The van der Waals surface area contributed by atoms with Crippen molar-refractivity contribution in [3.63, 3.8) is 0 Å². The van der Waals surface area contributed by atoms with Gasteiger partial charge in [-0.2, -0.15) is 0 Å². The van der Waals surface area contributed by atoms with Crippen LogP contribution in [0, 0.1) is 19.8 Å². The van der Waals surface area contributed by atoms with Crippen LogP contribution in [0.3, 0.4) is 0 Å². The summed E-state index contributed by atoms with van der Waals surface area (Å²) in [7, 11) is 0. The third-order valence-corrected chi connectivity index (χ3v) is 3.95. The lowest BCUT2D eigenvalue weighted by molar-refractivity contribution is 0.0900. The van der Waals surface area contributed by atoms with E-state index in [1.807, 2.05) is 0 Å². The summed E-state index contributed by atoms with van der Waals surface area (Å²) in [5.41, 5.74) is 6.29. The number of oxime groups is 1. The molecule has 1 unspecified atom stereocenters. The first-order valence-electron chi connectivity index (χ1n) is 7.25. The Morgan fingerprint density at radius 2 is 2.10 bits per heavy atom. The molecule has 1 fully saturated rings. The number of nitrogens with two attached hydrogens (primary N) is 1. The molecule has 0 spiro atoms. The van der Waals surface area contributed by atoms with Crippen molar-refractivity contribution < 1.29 is 14.4 Å². The second-order valence-corrected chi connectivity index (χ2v) is 5.52. The van der Waals surface area contributed by atoms with Crippen LogP contribution >= 0.6 is 0 Å². The first kappa shape index (κ1) is 15.3. The molecule has 7 nitrogen and oxygen atoms in total. The summed E-state index contributed by atoms with van der Waals surface area (Å²) >= 11 is 0. The highest BCUT2D eigenvalue weighted by Gasteiger charge is 2.30. The molecule has 1 amide bonds. The quantitative estimate of drug-likeness (QED) is 0.338. The van der Waals surface area contributed by atoms with Gasteiger partial charge in [-0.1, -0.05) is 24.4 Å². The summed E-state index contributed by atoms with van der Waals surface area (Å²) in [4.78, 5) is 16.4. The maximum absolute atomic E-state index is 12.3.